The number of sulfonamides is 1. The van der Waals surface area contributed by atoms with Crippen molar-refractivity contribution in [1.29, 1.82) is 0 Å². The first-order valence-electron chi connectivity index (χ1n) is 9.30. The van der Waals surface area contributed by atoms with Crippen molar-refractivity contribution in [3.05, 3.63) is 53.1 Å². The van der Waals surface area contributed by atoms with Crippen LogP contribution in [0.15, 0.2) is 47.4 Å². The number of hydrogen-bond donors (Lipinski definition) is 1. The largest absolute Gasteiger partial charge is 0.482 e. The van der Waals surface area contributed by atoms with Gasteiger partial charge >= 0.3 is 0 Å². The van der Waals surface area contributed by atoms with E-state index in [0.717, 1.165) is 12.0 Å². The molecule has 1 aliphatic heterocycles. The summed E-state index contributed by atoms with van der Waals surface area (Å²) in [6.07, 6.45) is 0.774. The summed E-state index contributed by atoms with van der Waals surface area (Å²) in [5.41, 5.74) is 1.71. The maximum absolute atomic E-state index is 13.0. The van der Waals surface area contributed by atoms with Crippen molar-refractivity contribution < 1.29 is 22.7 Å². The Bertz CT molecular complexity index is 975. The first-order valence-corrected chi connectivity index (χ1v) is 11.1. The maximum atomic E-state index is 13.0. The molecule has 0 radical (unpaired) electrons. The zero-order valence-corrected chi connectivity index (χ0v) is 17.6. The van der Waals surface area contributed by atoms with Crippen LogP contribution in [0.1, 0.15) is 12.5 Å². The number of nitrogens with zero attached hydrogens (tertiary/aromatic N) is 1. The van der Waals surface area contributed by atoms with Crippen LogP contribution in [-0.2, 0) is 26.0 Å². The van der Waals surface area contributed by atoms with Crippen LogP contribution in [0.2, 0.25) is 5.02 Å². The Balaban J connectivity index is 1.75. The van der Waals surface area contributed by atoms with Crippen LogP contribution in [-0.4, -0.2) is 51.5 Å². The highest BCUT2D eigenvalue weighted by molar-refractivity contribution is 7.89. The third kappa shape index (κ3) is 5.27. The number of carbonyl (C=O) groups excluding carboxylic acids is 1. The minimum Gasteiger partial charge on any atom is -0.482 e. The van der Waals surface area contributed by atoms with Crippen LogP contribution in [0.4, 0.5) is 5.69 Å². The molecule has 9 heteroatoms. The van der Waals surface area contributed by atoms with Gasteiger partial charge in [-0.3, -0.25) is 4.79 Å². The molecule has 0 spiro atoms. The number of amides is 1. The van der Waals surface area contributed by atoms with Gasteiger partial charge in [-0.15, -0.1) is 0 Å². The fraction of sp³-hybridized carbons (Fsp3) is 0.350. The van der Waals surface area contributed by atoms with E-state index < -0.39 is 10.0 Å². The average Bonchev–Trinajstić information content (AvgIpc) is 2.74. The monoisotopic (exact) mass is 438 g/mol. The van der Waals surface area contributed by atoms with Crippen molar-refractivity contribution in [2.75, 3.05) is 38.2 Å². The van der Waals surface area contributed by atoms with Gasteiger partial charge in [0, 0.05) is 23.8 Å². The van der Waals surface area contributed by atoms with Crippen LogP contribution in [0.25, 0.3) is 0 Å². The Morgan fingerprint density at radius 2 is 1.93 bits per heavy atom. The van der Waals surface area contributed by atoms with Gasteiger partial charge in [0.05, 0.1) is 13.2 Å². The van der Waals surface area contributed by atoms with Crippen molar-refractivity contribution in [2.24, 2.45) is 0 Å². The molecule has 0 bridgehead atoms. The van der Waals surface area contributed by atoms with Gasteiger partial charge in [0.2, 0.25) is 10.0 Å². The van der Waals surface area contributed by atoms with Crippen LogP contribution in [0.3, 0.4) is 0 Å². The van der Waals surface area contributed by atoms with Crippen LogP contribution in [0.5, 0.6) is 5.75 Å². The van der Waals surface area contributed by atoms with E-state index in [-0.39, 0.29) is 41.3 Å². The number of carbonyl (C=O) groups is 1. The number of aryl methyl sites for hydroxylation is 1. The number of para-hydroxylation sites is 1. The summed E-state index contributed by atoms with van der Waals surface area (Å²) in [5.74, 6) is -0.296. The first-order chi connectivity index (χ1) is 13.9. The lowest BCUT2D eigenvalue weighted by Gasteiger charge is -2.26. The molecule has 29 heavy (non-hydrogen) atoms. The number of nitrogens with one attached hydrogen (secondary N) is 1. The molecule has 1 heterocycles. The molecule has 1 aliphatic rings. The van der Waals surface area contributed by atoms with Crippen molar-refractivity contribution in [3.63, 3.8) is 0 Å². The Morgan fingerprint density at radius 3 is 2.66 bits per heavy atom. The molecule has 2 aromatic rings. The Hall–Kier alpha value is -2.13. The van der Waals surface area contributed by atoms with Crippen LogP contribution in [0, 0.1) is 0 Å². The third-order valence-corrected chi connectivity index (χ3v) is 6.68. The number of hydrogen-bond acceptors (Lipinski definition) is 5. The molecule has 0 atom stereocenters. The van der Waals surface area contributed by atoms with Crippen LogP contribution >= 0.6 is 11.6 Å². The van der Waals surface area contributed by atoms with E-state index in [0.29, 0.717) is 18.9 Å². The number of anilines is 1. The summed E-state index contributed by atoms with van der Waals surface area (Å²) in [6, 6.07) is 11.8. The Labute approximate surface area is 175 Å². The van der Waals surface area contributed by atoms with E-state index >= 15 is 0 Å². The lowest BCUT2D eigenvalue weighted by Crippen LogP contribution is -2.40. The molecular weight excluding hydrogens is 416 g/mol. The summed E-state index contributed by atoms with van der Waals surface area (Å²) in [4.78, 5) is 12.3. The minimum absolute atomic E-state index is 0.0614. The van der Waals surface area contributed by atoms with Gasteiger partial charge in [-0.25, -0.2) is 8.42 Å². The van der Waals surface area contributed by atoms with E-state index in [2.05, 4.69) is 5.32 Å². The number of ether oxygens (including phenoxy) is 2. The molecule has 7 nitrogen and oxygen atoms in total. The summed E-state index contributed by atoms with van der Waals surface area (Å²) < 4.78 is 38.1. The second-order valence-corrected chi connectivity index (χ2v) is 8.80. The molecule has 3 rings (SSSR count). The summed E-state index contributed by atoms with van der Waals surface area (Å²) in [6.45, 7) is 2.83. The van der Waals surface area contributed by atoms with Gasteiger partial charge in [-0.05, 0) is 36.2 Å². The molecule has 1 amide bonds. The molecule has 156 valence electrons. The SMILES string of the molecule is CCc1ccccc1NC(=O)COc1ccc(Cl)cc1S(=O)(=O)N1CCOCC1. The summed E-state index contributed by atoms with van der Waals surface area (Å²) in [5, 5.41) is 3.07. The second-order valence-electron chi connectivity index (χ2n) is 6.46. The first kappa shape index (κ1) is 21.6. The number of morpholine rings is 1. The van der Waals surface area contributed by atoms with Gasteiger partial charge < -0.3 is 14.8 Å². The van der Waals surface area contributed by atoms with Gasteiger partial charge in [-0.1, -0.05) is 36.7 Å². The molecular formula is C20H23ClN2O5S. The van der Waals surface area contributed by atoms with E-state index in [9.17, 15) is 13.2 Å². The molecule has 1 saturated heterocycles. The lowest BCUT2D eigenvalue weighted by molar-refractivity contribution is -0.118. The normalized spacial score (nSPS) is 15.1. The van der Waals surface area contributed by atoms with Gasteiger partial charge in [-0.2, -0.15) is 4.31 Å². The molecule has 0 unspecified atom stereocenters. The predicted octanol–water partition coefficient (Wildman–Crippen LogP) is 2.94. The van der Waals surface area contributed by atoms with E-state index in [1.54, 1.807) is 0 Å². The summed E-state index contributed by atoms with van der Waals surface area (Å²) in [7, 11) is -3.82. The molecule has 1 fully saturated rings. The number of benzene rings is 2. The summed E-state index contributed by atoms with van der Waals surface area (Å²) >= 11 is 6.02. The van der Waals surface area contributed by atoms with Crippen molar-refractivity contribution >= 4 is 33.2 Å². The van der Waals surface area contributed by atoms with E-state index in [1.807, 2.05) is 31.2 Å². The smallest absolute Gasteiger partial charge is 0.262 e. The van der Waals surface area contributed by atoms with E-state index in [4.69, 9.17) is 21.1 Å². The molecule has 0 saturated carbocycles. The van der Waals surface area contributed by atoms with Crippen molar-refractivity contribution in [3.8, 4) is 5.75 Å². The molecule has 0 aliphatic carbocycles. The van der Waals surface area contributed by atoms with Crippen molar-refractivity contribution in [1.82, 2.24) is 4.31 Å². The highest BCUT2D eigenvalue weighted by atomic mass is 35.5. The zero-order chi connectivity index (χ0) is 20.9. The van der Waals surface area contributed by atoms with Gasteiger partial charge in [0.15, 0.2) is 6.61 Å². The maximum Gasteiger partial charge on any atom is 0.262 e. The lowest BCUT2D eigenvalue weighted by atomic mass is 10.1. The molecule has 2 aromatic carbocycles. The fourth-order valence-corrected chi connectivity index (χ4v) is 4.81. The van der Waals surface area contributed by atoms with Gasteiger partial charge in [0.25, 0.3) is 5.91 Å². The predicted molar refractivity (Wildman–Crippen MR) is 111 cm³/mol. The standard InChI is InChI=1S/C20H23ClN2O5S/c1-2-15-5-3-4-6-17(15)22-20(24)14-28-18-8-7-16(21)13-19(18)29(25,26)23-9-11-27-12-10-23/h3-8,13H,2,9-12,14H2,1H3,(H,22,24). The van der Waals surface area contributed by atoms with E-state index in [1.165, 1.54) is 22.5 Å². The average molecular weight is 439 g/mol. The number of halogens is 1. The topological polar surface area (TPSA) is 84.9 Å². The quantitative estimate of drug-likeness (QED) is 0.718. The third-order valence-electron chi connectivity index (χ3n) is 4.52. The van der Waals surface area contributed by atoms with Gasteiger partial charge in [0.1, 0.15) is 10.6 Å². The van der Waals surface area contributed by atoms with Crippen LogP contribution < -0.4 is 10.1 Å². The highest BCUT2D eigenvalue weighted by Gasteiger charge is 2.29. The Morgan fingerprint density at radius 1 is 1.21 bits per heavy atom. The number of rotatable bonds is 7. The molecule has 0 aromatic heterocycles. The minimum atomic E-state index is -3.82. The fourth-order valence-electron chi connectivity index (χ4n) is 3.01. The highest BCUT2D eigenvalue weighted by Crippen LogP contribution is 2.30. The van der Waals surface area contributed by atoms with Crippen molar-refractivity contribution in [2.45, 2.75) is 18.2 Å². The zero-order valence-electron chi connectivity index (χ0n) is 16.1. The Kier molecular flexibility index (Phi) is 7.13. The molecule has 1 N–H and O–H groups in total. The second kappa shape index (κ2) is 9.58.